The minimum atomic E-state index is -0.646. The molecular formula is C23H50BrP. The lowest BCUT2D eigenvalue weighted by Gasteiger charge is -2.28. The molecule has 0 aromatic heterocycles. The van der Waals surface area contributed by atoms with Gasteiger partial charge in [-0.3, -0.25) is 0 Å². The molecule has 0 aromatic rings. The predicted molar refractivity (Wildman–Crippen MR) is 118 cm³/mol. The summed E-state index contributed by atoms with van der Waals surface area (Å²) in [4.78, 5) is 0. The van der Waals surface area contributed by atoms with Crippen molar-refractivity contribution in [2.24, 2.45) is 0 Å². The average molecular weight is 438 g/mol. The third-order valence-electron chi connectivity index (χ3n) is 5.69. The molecule has 0 fully saturated rings. The number of unbranched alkanes of at least 4 members (excludes halogenated alkanes) is 11. The molecule has 0 radical (unpaired) electrons. The maximum absolute atomic E-state index is 2.36. The van der Waals surface area contributed by atoms with Gasteiger partial charge in [-0.1, -0.05) is 79.1 Å². The largest absolute Gasteiger partial charge is 1.00 e. The fraction of sp³-hybridized carbons (Fsp3) is 1.00. The first-order valence-electron chi connectivity index (χ1n) is 11.6. The van der Waals surface area contributed by atoms with E-state index in [1.165, 1.54) is 96.3 Å². The van der Waals surface area contributed by atoms with Crippen LogP contribution < -0.4 is 17.0 Å². The highest BCUT2D eigenvalue weighted by molar-refractivity contribution is 7.75. The molecule has 0 spiro atoms. The molecule has 154 valence electrons. The second-order valence-corrected chi connectivity index (χ2v) is 12.6. The van der Waals surface area contributed by atoms with Crippen molar-refractivity contribution < 1.29 is 17.0 Å². The van der Waals surface area contributed by atoms with E-state index in [0.29, 0.717) is 0 Å². The van der Waals surface area contributed by atoms with Crippen LogP contribution in [0.25, 0.3) is 0 Å². The molecule has 0 aliphatic heterocycles. The summed E-state index contributed by atoms with van der Waals surface area (Å²) < 4.78 is 0. The molecule has 0 aliphatic rings. The monoisotopic (exact) mass is 436 g/mol. The van der Waals surface area contributed by atoms with Crippen molar-refractivity contribution in [2.45, 2.75) is 124 Å². The number of hydrogen-bond donors (Lipinski definition) is 0. The van der Waals surface area contributed by atoms with E-state index in [0.717, 1.165) is 0 Å². The summed E-state index contributed by atoms with van der Waals surface area (Å²) in [6.45, 7) is 9.40. The van der Waals surface area contributed by atoms with Gasteiger partial charge in [0.15, 0.2) is 0 Å². The van der Waals surface area contributed by atoms with Crippen LogP contribution in [0.15, 0.2) is 0 Å². The van der Waals surface area contributed by atoms with Crippen LogP contribution in [-0.2, 0) is 0 Å². The zero-order valence-electron chi connectivity index (χ0n) is 18.3. The molecule has 0 N–H and O–H groups in total. The standard InChI is InChI=1S/C23H50P.BrH/c1-5-9-13-17-21-24(20-16-12-8-4,22-18-14-10-6-2)23-19-15-11-7-3;/h5-23H2,1-4H3;1H/q+1;/p-1. The van der Waals surface area contributed by atoms with Crippen molar-refractivity contribution in [3.05, 3.63) is 0 Å². The Morgan fingerprint density at radius 3 is 0.880 bits per heavy atom. The zero-order valence-corrected chi connectivity index (χ0v) is 20.7. The van der Waals surface area contributed by atoms with E-state index in [2.05, 4.69) is 27.7 Å². The van der Waals surface area contributed by atoms with Crippen LogP contribution in [0.2, 0.25) is 0 Å². The predicted octanol–water partition coefficient (Wildman–Crippen LogP) is 5.94. The molecule has 0 bridgehead atoms. The van der Waals surface area contributed by atoms with Crippen LogP contribution in [0.5, 0.6) is 0 Å². The molecule has 25 heavy (non-hydrogen) atoms. The van der Waals surface area contributed by atoms with Crippen molar-refractivity contribution in [1.82, 2.24) is 0 Å². The Morgan fingerprint density at radius 1 is 0.360 bits per heavy atom. The van der Waals surface area contributed by atoms with Crippen molar-refractivity contribution >= 4 is 7.26 Å². The molecule has 0 nitrogen and oxygen atoms in total. The SMILES string of the molecule is CCCCCC[P+](CCCCC)(CCCCCC)CCCCCC.[Br-]. The smallest absolute Gasteiger partial charge is 0.0594 e. The summed E-state index contributed by atoms with van der Waals surface area (Å²) in [6.07, 6.45) is 28.5. The Bertz CT molecular complexity index is 211. The Labute approximate surface area is 172 Å². The molecule has 0 amide bonds. The van der Waals surface area contributed by atoms with Gasteiger partial charge in [0.1, 0.15) is 0 Å². The van der Waals surface area contributed by atoms with Crippen molar-refractivity contribution in [1.29, 1.82) is 0 Å². The van der Waals surface area contributed by atoms with Gasteiger partial charge in [-0.05, 0) is 44.9 Å². The van der Waals surface area contributed by atoms with Crippen molar-refractivity contribution in [2.75, 3.05) is 24.6 Å². The summed E-state index contributed by atoms with van der Waals surface area (Å²) in [6, 6.07) is 0. The molecule has 0 saturated carbocycles. The van der Waals surface area contributed by atoms with Crippen molar-refractivity contribution in [3.8, 4) is 0 Å². The lowest BCUT2D eigenvalue weighted by atomic mass is 10.2. The molecule has 0 unspecified atom stereocenters. The summed E-state index contributed by atoms with van der Waals surface area (Å²) in [5.74, 6) is 0. The summed E-state index contributed by atoms with van der Waals surface area (Å²) in [5, 5.41) is 0. The third kappa shape index (κ3) is 16.8. The summed E-state index contributed by atoms with van der Waals surface area (Å²) >= 11 is 0. The maximum Gasteiger partial charge on any atom is 0.0594 e. The lowest BCUT2D eigenvalue weighted by molar-refractivity contribution is -0.00000558. The number of rotatable bonds is 19. The van der Waals surface area contributed by atoms with E-state index in [4.69, 9.17) is 0 Å². The first kappa shape index (κ1) is 28.1. The van der Waals surface area contributed by atoms with E-state index in [9.17, 15) is 0 Å². The van der Waals surface area contributed by atoms with Gasteiger partial charge in [0, 0.05) is 7.26 Å². The van der Waals surface area contributed by atoms with Crippen LogP contribution in [0, 0.1) is 0 Å². The van der Waals surface area contributed by atoms with Gasteiger partial charge in [0.2, 0.25) is 0 Å². The highest BCUT2D eigenvalue weighted by Crippen LogP contribution is 2.61. The Hall–Kier alpha value is 0.910. The van der Waals surface area contributed by atoms with Gasteiger partial charge in [-0.15, -0.1) is 0 Å². The van der Waals surface area contributed by atoms with E-state index < -0.39 is 7.26 Å². The van der Waals surface area contributed by atoms with Crippen LogP contribution >= 0.6 is 7.26 Å². The van der Waals surface area contributed by atoms with E-state index in [1.54, 1.807) is 24.6 Å². The molecule has 0 saturated heterocycles. The normalized spacial score (nSPS) is 11.5. The van der Waals surface area contributed by atoms with Gasteiger partial charge < -0.3 is 17.0 Å². The average Bonchev–Trinajstić information content (AvgIpc) is 2.60. The minimum Gasteiger partial charge on any atom is -1.00 e. The van der Waals surface area contributed by atoms with E-state index >= 15 is 0 Å². The molecule has 2 heteroatoms. The van der Waals surface area contributed by atoms with Crippen LogP contribution in [0.3, 0.4) is 0 Å². The Balaban J connectivity index is 0. The number of halogens is 1. The fourth-order valence-corrected chi connectivity index (χ4v) is 8.91. The maximum atomic E-state index is 2.36. The summed E-state index contributed by atoms with van der Waals surface area (Å²) in [7, 11) is -0.646. The van der Waals surface area contributed by atoms with Gasteiger partial charge in [-0.2, -0.15) is 0 Å². The third-order valence-corrected chi connectivity index (χ3v) is 10.8. The lowest BCUT2D eigenvalue weighted by Crippen LogP contribution is -3.00. The topological polar surface area (TPSA) is 0 Å². The molecule has 0 atom stereocenters. The molecule has 0 rings (SSSR count). The minimum absolute atomic E-state index is 0. The Kier molecular flexibility index (Phi) is 23.9. The number of hydrogen-bond acceptors (Lipinski definition) is 0. The Morgan fingerprint density at radius 2 is 0.600 bits per heavy atom. The van der Waals surface area contributed by atoms with Crippen molar-refractivity contribution in [3.63, 3.8) is 0 Å². The van der Waals surface area contributed by atoms with Gasteiger partial charge in [0.25, 0.3) is 0 Å². The van der Waals surface area contributed by atoms with Gasteiger partial charge in [-0.25, -0.2) is 0 Å². The van der Waals surface area contributed by atoms with E-state index in [-0.39, 0.29) is 17.0 Å². The fourth-order valence-electron chi connectivity index (χ4n) is 3.99. The molecule has 0 aromatic carbocycles. The highest BCUT2D eigenvalue weighted by Gasteiger charge is 2.34. The molecule has 0 heterocycles. The quantitative estimate of drug-likeness (QED) is 0.173. The second-order valence-electron chi connectivity index (χ2n) is 8.13. The second kappa shape index (κ2) is 21.2. The highest BCUT2D eigenvalue weighted by atomic mass is 79.9. The van der Waals surface area contributed by atoms with E-state index in [1.807, 2.05) is 0 Å². The van der Waals surface area contributed by atoms with Gasteiger partial charge in [0.05, 0.1) is 24.6 Å². The van der Waals surface area contributed by atoms with Crippen LogP contribution in [0.4, 0.5) is 0 Å². The van der Waals surface area contributed by atoms with Crippen LogP contribution in [0.1, 0.15) is 124 Å². The molecular weight excluding hydrogens is 387 g/mol. The molecule has 0 aliphatic carbocycles. The first-order valence-corrected chi connectivity index (χ1v) is 14.1. The van der Waals surface area contributed by atoms with Crippen LogP contribution in [-0.4, -0.2) is 24.6 Å². The first-order chi connectivity index (χ1) is 11.7. The zero-order chi connectivity index (χ0) is 17.9. The summed E-state index contributed by atoms with van der Waals surface area (Å²) in [5.41, 5.74) is 0. The van der Waals surface area contributed by atoms with Gasteiger partial charge >= 0.3 is 0 Å².